The number of anilines is 6. The molecule has 32 nitrogen and oxygen atoms in total. The van der Waals surface area contributed by atoms with Gasteiger partial charge >= 0.3 is 19.3 Å². The molecule has 14 rings (SSSR count). The fourth-order valence-electron chi connectivity index (χ4n) is 12.8. The van der Waals surface area contributed by atoms with E-state index in [9.17, 15) is 9.59 Å². The number of carbonyl (C=O) groups excluding carboxylic acids is 2. The predicted molar refractivity (Wildman–Crippen MR) is 447 cm³/mol. The summed E-state index contributed by atoms with van der Waals surface area (Å²) in [6.07, 6.45) is 9.93. The second kappa shape index (κ2) is 37.8. The summed E-state index contributed by atoms with van der Waals surface area (Å²) in [7, 11) is 12.8. The molecule has 37 heteroatoms. The summed E-state index contributed by atoms with van der Waals surface area (Å²) in [6, 6.07) is 26.4. The number of ether oxygens (including phenoxy) is 2. The van der Waals surface area contributed by atoms with Crippen molar-refractivity contribution < 1.29 is 28.4 Å². The highest BCUT2D eigenvalue weighted by Gasteiger charge is 2.52. The maximum Gasteiger partial charge on any atom is 0.498 e. The minimum atomic E-state index is -0.391. The zero-order valence-electron chi connectivity index (χ0n) is 67.5. The lowest BCUT2D eigenvalue weighted by molar-refractivity contribution is 0.00578. The Bertz CT molecular complexity index is 4770. The van der Waals surface area contributed by atoms with Gasteiger partial charge < -0.3 is 72.0 Å². The van der Waals surface area contributed by atoms with Crippen LogP contribution in [-0.2, 0) is 60.2 Å². The average molecular weight is 1630 g/mol. The number of aromatic nitrogens is 16. The summed E-state index contributed by atoms with van der Waals surface area (Å²) in [4.78, 5) is 65.2. The van der Waals surface area contributed by atoms with Crippen LogP contribution in [0.3, 0.4) is 0 Å². The molecule has 0 bridgehead atoms. The number of aryl methyl sites for hydroxylation is 8. The molecule has 8 aromatic heterocycles. The first-order chi connectivity index (χ1) is 52.7. The fourth-order valence-corrected chi connectivity index (χ4v) is 13.4. The number of nitrogens with zero attached hydrogens (tertiary/aromatic N) is 20. The summed E-state index contributed by atoms with van der Waals surface area (Å²) in [5.74, 6) is 2.39. The Hall–Kier alpha value is -10.00. The SMILES string of the molecule is CN(C(=O)OCc1ccccc1)C1(C)CCNC1.CNC1(C)CCN(c2cc(-c3cn(C)nc3C)nc(N)n2)C1.Cc1nn(C)cc1-c1cc(Cl)nc(N)n1.Cc1nn(C)cc1-c1cc(N2CCC(C)(N(C)C(=O)OCc3ccccc3)C2)nc(N)n1.Cc1nn(C)cc1B1OC(C)(C)C(C)(C)O1.Cl.Nc1nc(Cl)cc(Cl)n1. The van der Waals surface area contributed by atoms with Gasteiger partial charge in [-0.05, 0) is 120 Å². The van der Waals surface area contributed by atoms with E-state index in [0.717, 1.165) is 131 Å². The molecule has 0 aliphatic carbocycles. The van der Waals surface area contributed by atoms with Gasteiger partial charge in [-0.1, -0.05) is 95.5 Å². The van der Waals surface area contributed by atoms with Gasteiger partial charge in [-0.15, -0.1) is 12.4 Å². The fraction of sp³-hybridized carbons (Fsp3) is 0.447. The normalized spacial score (nSPS) is 18.3. The average Bonchev–Trinajstić information content (AvgIpc) is 1.62. The summed E-state index contributed by atoms with van der Waals surface area (Å²) in [6.45, 7) is 28.0. The van der Waals surface area contributed by atoms with E-state index >= 15 is 0 Å². The van der Waals surface area contributed by atoms with E-state index in [1.807, 2.05) is 161 Å². The Kier molecular flexibility index (Phi) is 29.6. The van der Waals surface area contributed by atoms with Crippen LogP contribution >= 0.6 is 47.2 Å². The lowest BCUT2D eigenvalue weighted by Gasteiger charge is -2.34. The molecule has 4 aliphatic heterocycles. The highest BCUT2D eigenvalue weighted by molar-refractivity contribution is 6.62. The third-order valence-electron chi connectivity index (χ3n) is 20.4. The number of hydrogen-bond acceptors (Lipinski definition) is 26. The molecular formula is C76H105BCl4N26O6. The number of rotatable bonds is 13. The number of halogens is 4. The van der Waals surface area contributed by atoms with Gasteiger partial charge in [-0.3, -0.25) is 18.7 Å². The van der Waals surface area contributed by atoms with Crippen LogP contribution in [0.2, 0.25) is 15.5 Å². The van der Waals surface area contributed by atoms with E-state index in [1.54, 1.807) is 48.7 Å². The number of likely N-dealkylation sites (N-methyl/N-ethyl adjacent to an activating group) is 3. The van der Waals surface area contributed by atoms with Crippen LogP contribution in [0.5, 0.6) is 0 Å². The molecule has 3 atom stereocenters. The number of carbonyl (C=O) groups is 2. The van der Waals surface area contributed by atoms with Crippen molar-refractivity contribution in [1.82, 2.24) is 99.4 Å². The molecule has 10 N–H and O–H groups in total. The molecular weight excluding hydrogens is 1530 g/mol. The van der Waals surface area contributed by atoms with Crippen LogP contribution in [-0.4, -0.2) is 196 Å². The predicted octanol–water partition coefficient (Wildman–Crippen LogP) is 10.2. The second-order valence-corrected chi connectivity index (χ2v) is 31.0. The van der Waals surface area contributed by atoms with E-state index < -0.39 is 5.54 Å². The number of nitrogen functional groups attached to an aromatic ring is 4. The van der Waals surface area contributed by atoms with Crippen LogP contribution in [0, 0.1) is 27.7 Å². The molecule has 4 fully saturated rings. The first kappa shape index (κ1) is 88.6. The molecule has 3 unspecified atom stereocenters. The Labute approximate surface area is 682 Å². The highest BCUT2D eigenvalue weighted by atomic mass is 35.5. The van der Waals surface area contributed by atoms with Crippen molar-refractivity contribution in [2.75, 3.05) is 93.1 Å². The van der Waals surface area contributed by atoms with Gasteiger partial charge in [0.15, 0.2) is 0 Å². The van der Waals surface area contributed by atoms with Gasteiger partial charge in [0, 0.05) is 152 Å². The number of hydrogen-bond donors (Lipinski definition) is 6. The van der Waals surface area contributed by atoms with Gasteiger partial charge in [-0.25, -0.2) is 39.5 Å². The van der Waals surface area contributed by atoms with Crippen LogP contribution in [0.25, 0.3) is 33.8 Å². The standard InChI is InChI=1S/C23H29N7O2.C15H23N7.C14H20N2O2.C11H19BN2O2.C9H10ClN5.C4H3Cl2N3.ClH/c1-16-18(13-28(3)27-16)19-12-20(26-21(24)25-19)30-11-10-23(2,15-30)29(4)22(31)32-14-17-8-6-5-7-9-17;1-10-11(8-21(4)20-10)12-7-13(19-14(16)18-12)22-6-5-15(2,9-22)17-3;1-14(8-9-15-11-14)16(2)13(17)18-10-12-6-4-3-5-7-12;1-8-9(7-14(6)13-8)12-15-10(2,3)11(4,5)16-12;1-5-6(4-15(2)14-5)7-3-8(10)13-9(11)12-7;5-2-1-3(6)9-4(7)8-2;/h5-9,12-13H,10-11,14-15H2,1-4H3,(H2,24,25,26);7-8,17H,5-6,9H2,1-4H3,(H2,16,18,19);3-7,15H,8-11H2,1-2H3;7H,1-6H3;3-4H,1-2H3,(H2,11,12,13);1H,(H2,7,8,9);1H. The lowest BCUT2D eigenvalue weighted by atomic mass is 9.79. The minimum absolute atomic E-state index is 0. The largest absolute Gasteiger partial charge is 0.498 e. The molecule has 0 saturated carbocycles. The van der Waals surface area contributed by atoms with E-state index in [0.29, 0.717) is 29.9 Å². The summed E-state index contributed by atoms with van der Waals surface area (Å²) in [5, 5.41) is 24.8. The van der Waals surface area contributed by atoms with Crippen molar-refractivity contribution in [2.24, 2.45) is 28.2 Å². The molecule has 2 amide bonds. The van der Waals surface area contributed by atoms with Crippen LogP contribution in [0.4, 0.5) is 45.0 Å². The molecule has 10 aromatic rings. The molecule has 4 aliphatic rings. The number of amides is 2. The first-order valence-corrected chi connectivity index (χ1v) is 37.6. The third-order valence-corrected chi connectivity index (χ3v) is 21.0. The van der Waals surface area contributed by atoms with Crippen molar-refractivity contribution in [2.45, 2.75) is 136 Å². The molecule has 2 aromatic carbocycles. The molecule has 113 heavy (non-hydrogen) atoms. The van der Waals surface area contributed by atoms with E-state index in [1.165, 1.54) is 6.07 Å². The third kappa shape index (κ3) is 23.4. The topological polar surface area (TPSA) is 387 Å². The Morgan fingerprint density at radius 1 is 0.522 bits per heavy atom. The number of nitrogens with two attached hydrogens (primary N) is 4. The summed E-state index contributed by atoms with van der Waals surface area (Å²) >= 11 is 16.7. The van der Waals surface area contributed by atoms with Crippen molar-refractivity contribution >= 4 is 107 Å². The minimum Gasteiger partial charge on any atom is -0.445 e. The summed E-state index contributed by atoms with van der Waals surface area (Å²) < 4.78 is 29.8. The van der Waals surface area contributed by atoms with Crippen molar-refractivity contribution in [3.63, 3.8) is 0 Å². The van der Waals surface area contributed by atoms with Crippen LogP contribution in [0.1, 0.15) is 102 Å². The van der Waals surface area contributed by atoms with Crippen molar-refractivity contribution in [3.05, 3.63) is 159 Å². The Morgan fingerprint density at radius 3 is 1.27 bits per heavy atom. The van der Waals surface area contributed by atoms with Crippen molar-refractivity contribution in [3.8, 4) is 33.8 Å². The smallest absolute Gasteiger partial charge is 0.445 e. The van der Waals surface area contributed by atoms with E-state index in [-0.39, 0.29) is 88.7 Å². The first-order valence-electron chi connectivity index (χ1n) is 36.4. The molecule has 0 radical (unpaired) electrons. The van der Waals surface area contributed by atoms with E-state index in [2.05, 4.69) is 129 Å². The highest BCUT2D eigenvalue weighted by Crippen LogP contribution is 2.38. The van der Waals surface area contributed by atoms with E-state index in [4.69, 9.17) is 76.5 Å². The lowest BCUT2D eigenvalue weighted by Crippen LogP contribution is -2.49. The quantitative estimate of drug-likeness (QED) is 0.0461. The van der Waals surface area contributed by atoms with Gasteiger partial charge in [0.25, 0.3) is 0 Å². The van der Waals surface area contributed by atoms with Crippen LogP contribution < -0.4 is 48.8 Å². The van der Waals surface area contributed by atoms with Gasteiger partial charge in [-0.2, -0.15) is 30.4 Å². The molecule has 606 valence electrons. The van der Waals surface area contributed by atoms with Crippen molar-refractivity contribution in [1.29, 1.82) is 0 Å². The number of nitrogens with one attached hydrogen (secondary N) is 2. The van der Waals surface area contributed by atoms with Gasteiger partial charge in [0.2, 0.25) is 23.8 Å². The Morgan fingerprint density at radius 2 is 0.903 bits per heavy atom. The zero-order chi connectivity index (χ0) is 81.8. The number of benzene rings is 2. The molecule has 0 spiro atoms. The molecule has 4 saturated heterocycles. The monoisotopic (exact) mass is 1630 g/mol. The zero-order valence-corrected chi connectivity index (χ0v) is 70.6. The maximum atomic E-state index is 12.7. The van der Waals surface area contributed by atoms with Crippen LogP contribution in [0.15, 0.2) is 110 Å². The van der Waals surface area contributed by atoms with Gasteiger partial charge in [0.05, 0.1) is 62.1 Å². The maximum absolute atomic E-state index is 12.7. The second-order valence-electron chi connectivity index (χ2n) is 29.9. The molecule has 12 heterocycles. The van der Waals surface area contributed by atoms with Gasteiger partial charge in [0.1, 0.15) is 40.3 Å². The summed E-state index contributed by atoms with van der Waals surface area (Å²) in [5.41, 5.74) is 33.4. The Balaban J connectivity index is 0.000000176.